The summed E-state index contributed by atoms with van der Waals surface area (Å²) in [7, 11) is 0. The highest BCUT2D eigenvalue weighted by molar-refractivity contribution is 6.31. The van der Waals surface area contributed by atoms with Gasteiger partial charge in [0.1, 0.15) is 17.5 Å². The largest absolute Gasteiger partial charge is 0.206 e. The molecular weight excluding hydrogens is 263 g/mol. The SMILES string of the molecule is N#Cc1cc(F)c(-c2[c]ccc(Cl)c2F)c(F)c1. The summed E-state index contributed by atoms with van der Waals surface area (Å²) in [5.41, 5.74) is -1.17. The number of nitrogens with zero attached hydrogens (tertiary/aromatic N) is 1. The third kappa shape index (κ3) is 2.05. The Morgan fingerprint density at radius 1 is 1.17 bits per heavy atom. The molecule has 0 aromatic heterocycles. The fraction of sp³-hybridized carbons (Fsp3) is 0. The standard InChI is InChI=1S/C13H4ClF3N/c14-9-3-1-2-8(13(9)17)12-10(15)4-7(6-18)5-11(12)16/h1,3-5H. The normalized spacial score (nSPS) is 10.2. The first-order valence-corrected chi connectivity index (χ1v) is 5.17. The Morgan fingerprint density at radius 3 is 2.33 bits per heavy atom. The monoisotopic (exact) mass is 266 g/mol. The van der Waals surface area contributed by atoms with Crippen LogP contribution in [0.3, 0.4) is 0 Å². The van der Waals surface area contributed by atoms with E-state index in [-0.39, 0.29) is 10.6 Å². The van der Waals surface area contributed by atoms with Crippen LogP contribution in [0.15, 0.2) is 24.3 Å². The van der Waals surface area contributed by atoms with Gasteiger partial charge in [-0.2, -0.15) is 5.26 Å². The van der Waals surface area contributed by atoms with Crippen LogP contribution in [0.4, 0.5) is 13.2 Å². The Balaban J connectivity index is 2.73. The third-order valence-electron chi connectivity index (χ3n) is 2.31. The zero-order valence-corrected chi connectivity index (χ0v) is 9.52. The molecule has 0 saturated heterocycles. The van der Waals surface area contributed by atoms with Crippen molar-refractivity contribution in [1.82, 2.24) is 0 Å². The van der Waals surface area contributed by atoms with Crippen molar-refractivity contribution in [3.8, 4) is 17.2 Å². The van der Waals surface area contributed by atoms with Gasteiger partial charge in [-0.25, -0.2) is 13.2 Å². The molecule has 5 heteroatoms. The maximum atomic E-state index is 13.7. The number of hydrogen-bond acceptors (Lipinski definition) is 1. The number of halogens is 4. The van der Waals surface area contributed by atoms with Crippen LogP contribution in [0.5, 0.6) is 0 Å². The summed E-state index contributed by atoms with van der Waals surface area (Å²) < 4.78 is 41.0. The highest BCUT2D eigenvalue weighted by Gasteiger charge is 2.18. The van der Waals surface area contributed by atoms with Crippen molar-refractivity contribution in [3.63, 3.8) is 0 Å². The van der Waals surface area contributed by atoms with Crippen LogP contribution in [0.25, 0.3) is 11.1 Å². The highest BCUT2D eigenvalue weighted by atomic mass is 35.5. The van der Waals surface area contributed by atoms with Gasteiger partial charge < -0.3 is 0 Å². The predicted molar refractivity (Wildman–Crippen MR) is 60.3 cm³/mol. The second-order valence-electron chi connectivity index (χ2n) is 3.44. The molecular formula is C13H4ClF3N. The smallest absolute Gasteiger partial charge is 0.150 e. The van der Waals surface area contributed by atoms with Crippen molar-refractivity contribution in [3.05, 3.63) is 58.4 Å². The van der Waals surface area contributed by atoms with Crippen molar-refractivity contribution in [1.29, 1.82) is 5.26 Å². The van der Waals surface area contributed by atoms with Gasteiger partial charge in [-0.05, 0) is 24.3 Å². The topological polar surface area (TPSA) is 23.8 Å². The van der Waals surface area contributed by atoms with Crippen molar-refractivity contribution in [2.45, 2.75) is 0 Å². The van der Waals surface area contributed by atoms with Crippen LogP contribution >= 0.6 is 11.6 Å². The first-order valence-electron chi connectivity index (χ1n) is 4.79. The number of benzene rings is 2. The predicted octanol–water partition coefficient (Wildman–Crippen LogP) is 4.10. The van der Waals surface area contributed by atoms with E-state index in [2.05, 4.69) is 6.07 Å². The Kier molecular flexibility index (Phi) is 3.26. The summed E-state index contributed by atoms with van der Waals surface area (Å²) in [4.78, 5) is 0. The summed E-state index contributed by atoms with van der Waals surface area (Å²) >= 11 is 5.53. The molecule has 0 saturated carbocycles. The van der Waals surface area contributed by atoms with E-state index in [1.54, 1.807) is 6.07 Å². The molecule has 0 fully saturated rings. The van der Waals surface area contributed by atoms with Crippen LogP contribution in [-0.2, 0) is 0 Å². The summed E-state index contributed by atoms with van der Waals surface area (Å²) in [5, 5.41) is 8.30. The molecule has 0 aliphatic carbocycles. The molecule has 0 spiro atoms. The van der Waals surface area contributed by atoms with Gasteiger partial charge in [-0.1, -0.05) is 17.7 Å². The molecule has 2 aromatic carbocycles. The fourth-order valence-corrected chi connectivity index (χ4v) is 1.67. The minimum atomic E-state index is -1.04. The van der Waals surface area contributed by atoms with E-state index in [0.717, 1.165) is 12.1 Å². The molecule has 0 heterocycles. The van der Waals surface area contributed by atoms with E-state index in [1.807, 2.05) is 0 Å². The summed E-state index contributed by atoms with van der Waals surface area (Å²) in [6, 6.07) is 8.13. The highest BCUT2D eigenvalue weighted by Crippen LogP contribution is 2.31. The van der Waals surface area contributed by atoms with Crippen molar-refractivity contribution >= 4 is 11.6 Å². The second-order valence-corrected chi connectivity index (χ2v) is 3.85. The quantitative estimate of drug-likeness (QED) is 0.762. The van der Waals surface area contributed by atoms with Gasteiger partial charge in [0, 0.05) is 5.56 Å². The third-order valence-corrected chi connectivity index (χ3v) is 2.60. The molecule has 89 valence electrons. The van der Waals surface area contributed by atoms with Crippen LogP contribution in [-0.4, -0.2) is 0 Å². The fourth-order valence-electron chi connectivity index (χ4n) is 1.51. The van der Waals surface area contributed by atoms with E-state index in [0.29, 0.717) is 0 Å². The van der Waals surface area contributed by atoms with Crippen molar-refractivity contribution in [2.75, 3.05) is 0 Å². The number of rotatable bonds is 1. The van der Waals surface area contributed by atoms with Gasteiger partial charge in [-0.3, -0.25) is 0 Å². The minimum absolute atomic E-state index is 0.184. The van der Waals surface area contributed by atoms with Crippen LogP contribution in [0.1, 0.15) is 5.56 Å². The molecule has 18 heavy (non-hydrogen) atoms. The lowest BCUT2D eigenvalue weighted by Gasteiger charge is -2.07. The average molecular weight is 267 g/mol. The van der Waals surface area contributed by atoms with E-state index in [4.69, 9.17) is 16.9 Å². The Labute approximate surface area is 106 Å². The van der Waals surface area contributed by atoms with Gasteiger partial charge in [0.25, 0.3) is 0 Å². The van der Waals surface area contributed by atoms with Gasteiger partial charge in [-0.15, -0.1) is 0 Å². The first kappa shape index (κ1) is 12.5. The van der Waals surface area contributed by atoms with E-state index in [1.165, 1.54) is 12.1 Å². The first-order chi connectivity index (χ1) is 8.54. The Hall–Kier alpha value is -1.99. The summed E-state index contributed by atoms with van der Waals surface area (Å²) in [6.45, 7) is 0. The van der Waals surface area contributed by atoms with Crippen molar-refractivity contribution < 1.29 is 13.2 Å². The molecule has 2 aromatic rings. The molecule has 0 unspecified atom stereocenters. The molecule has 0 atom stereocenters. The Bertz CT molecular complexity index is 639. The average Bonchev–Trinajstić information content (AvgIpc) is 2.33. The van der Waals surface area contributed by atoms with E-state index < -0.39 is 28.6 Å². The lowest BCUT2D eigenvalue weighted by Crippen LogP contribution is -1.95. The zero-order chi connectivity index (χ0) is 13.3. The van der Waals surface area contributed by atoms with Gasteiger partial charge in [0.15, 0.2) is 0 Å². The van der Waals surface area contributed by atoms with Gasteiger partial charge >= 0.3 is 0 Å². The Morgan fingerprint density at radius 2 is 1.78 bits per heavy atom. The molecule has 0 amide bonds. The van der Waals surface area contributed by atoms with E-state index in [9.17, 15) is 13.2 Å². The molecule has 0 bridgehead atoms. The molecule has 0 aliphatic heterocycles. The van der Waals surface area contributed by atoms with Gasteiger partial charge in [0.05, 0.1) is 22.2 Å². The summed E-state index contributed by atoms with van der Waals surface area (Å²) in [6.07, 6.45) is 0. The lowest BCUT2D eigenvalue weighted by atomic mass is 10.0. The second kappa shape index (κ2) is 4.71. The zero-order valence-electron chi connectivity index (χ0n) is 8.77. The maximum absolute atomic E-state index is 13.7. The number of hydrogen-bond donors (Lipinski definition) is 0. The van der Waals surface area contributed by atoms with Gasteiger partial charge in [0.2, 0.25) is 0 Å². The molecule has 2 rings (SSSR count). The van der Waals surface area contributed by atoms with Crippen LogP contribution in [0, 0.1) is 34.8 Å². The summed E-state index contributed by atoms with van der Waals surface area (Å²) in [5.74, 6) is -3.03. The lowest BCUT2D eigenvalue weighted by molar-refractivity contribution is 0.581. The molecule has 1 radical (unpaired) electrons. The maximum Gasteiger partial charge on any atom is 0.150 e. The number of nitriles is 1. The molecule has 0 aliphatic rings. The van der Waals surface area contributed by atoms with Crippen LogP contribution < -0.4 is 0 Å². The molecule has 1 nitrogen and oxygen atoms in total. The van der Waals surface area contributed by atoms with Crippen molar-refractivity contribution in [2.24, 2.45) is 0 Å². The molecule has 0 N–H and O–H groups in total. The van der Waals surface area contributed by atoms with E-state index >= 15 is 0 Å². The van der Waals surface area contributed by atoms with Crippen LogP contribution in [0.2, 0.25) is 5.02 Å². The minimum Gasteiger partial charge on any atom is -0.206 e.